The fraction of sp³-hybridized carbons (Fsp3) is 0.350. The number of H-pyrrole nitrogens is 1. The topological polar surface area (TPSA) is 31.9 Å². The van der Waals surface area contributed by atoms with Crippen molar-refractivity contribution < 1.29 is 4.39 Å². The number of aromatic amines is 1. The first kappa shape index (κ1) is 15.3. The Morgan fingerprint density at radius 3 is 2.83 bits per heavy atom. The van der Waals surface area contributed by atoms with Crippen LogP contribution in [-0.2, 0) is 0 Å². The van der Waals surface area contributed by atoms with Crippen molar-refractivity contribution in [3.05, 3.63) is 65.7 Å². The van der Waals surface area contributed by atoms with Crippen LogP contribution in [0.3, 0.4) is 0 Å². The van der Waals surface area contributed by atoms with Crippen molar-refractivity contribution >= 4 is 11.0 Å². The van der Waals surface area contributed by atoms with Crippen LogP contribution in [0.5, 0.6) is 0 Å². The van der Waals surface area contributed by atoms with Gasteiger partial charge in [-0.15, -0.1) is 0 Å². The van der Waals surface area contributed by atoms with Gasteiger partial charge in [0.1, 0.15) is 11.6 Å². The number of halogens is 1. The van der Waals surface area contributed by atoms with Crippen molar-refractivity contribution in [3.8, 4) is 0 Å². The zero-order valence-electron chi connectivity index (χ0n) is 13.9. The highest BCUT2D eigenvalue weighted by Crippen LogP contribution is 2.36. The normalized spacial score (nSPS) is 20.3. The lowest BCUT2D eigenvalue weighted by Crippen LogP contribution is -2.36. The Labute approximate surface area is 141 Å². The zero-order chi connectivity index (χ0) is 16.5. The lowest BCUT2D eigenvalue weighted by Gasteiger charge is -2.39. The summed E-state index contributed by atoms with van der Waals surface area (Å²) in [4.78, 5) is 10.6. The number of nitrogens with zero attached hydrogens (tertiary/aromatic N) is 2. The molecule has 124 valence electrons. The fourth-order valence-corrected chi connectivity index (χ4v) is 3.79. The van der Waals surface area contributed by atoms with Crippen molar-refractivity contribution in [1.29, 1.82) is 0 Å². The maximum absolute atomic E-state index is 13.5. The second kappa shape index (κ2) is 6.36. The van der Waals surface area contributed by atoms with Crippen LogP contribution in [0.15, 0.2) is 48.5 Å². The molecule has 1 aliphatic heterocycles. The Morgan fingerprint density at radius 2 is 2.00 bits per heavy atom. The number of aromatic nitrogens is 2. The third-order valence-electron chi connectivity index (χ3n) is 5.10. The largest absolute Gasteiger partial charge is 0.341 e. The number of benzene rings is 2. The summed E-state index contributed by atoms with van der Waals surface area (Å²) in [5.41, 5.74) is 2.94. The summed E-state index contributed by atoms with van der Waals surface area (Å²) in [6, 6.07) is 16.0. The molecule has 3 nitrogen and oxygen atoms in total. The van der Waals surface area contributed by atoms with Crippen LogP contribution in [0.25, 0.3) is 11.0 Å². The Kier molecular flexibility index (Phi) is 4.07. The first-order valence-electron chi connectivity index (χ1n) is 8.68. The summed E-state index contributed by atoms with van der Waals surface area (Å²) < 4.78 is 13.5. The highest BCUT2D eigenvalue weighted by atomic mass is 19.1. The van der Waals surface area contributed by atoms with Crippen LogP contribution < -0.4 is 0 Å². The number of imidazole rings is 1. The number of nitrogens with one attached hydrogen (secondary N) is 1. The smallest absolute Gasteiger partial charge is 0.125 e. The minimum Gasteiger partial charge on any atom is -0.341 e. The molecule has 1 N–H and O–H groups in total. The molecule has 0 amide bonds. The van der Waals surface area contributed by atoms with Crippen LogP contribution >= 0.6 is 0 Å². The number of hydrogen-bond acceptors (Lipinski definition) is 2. The molecule has 0 bridgehead atoms. The fourth-order valence-electron chi connectivity index (χ4n) is 3.79. The van der Waals surface area contributed by atoms with E-state index in [-0.39, 0.29) is 11.9 Å². The average Bonchev–Trinajstić information content (AvgIpc) is 3.05. The van der Waals surface area contributed by atoms with Crippen molar-refractivity contribution in [2.24, 2.45) is 0 Å². The number of likely N-dealkylation sites (tertiary alicyclic amines) is 1. The summed E-state index contributed by atoms with van der Waals surface area (Å²) in [6.45, 7) is 3.32. The number of rotatable bonds is 3. The van der Waals surface area contributed by atoms with Crippen molar-refractivity contribution in [3.63, 3.8) is 0 Å². The van der Waals surface area contributed by atoms with E-state index in [1.807, 2.05) is 0 Å². The van der Waals surface area contributed by atoms with Gasteiger partial charge in [-0.3, -0.25) is 4.90 Å². The second-order valence-electron chi connectivity index (χ2n) is 6.62. The maximum Gasteiger partial charge on any atom is 0.125 e. The minimum absolute atomic E-state index is 0.237. The molecule has 1 aromatic heterocycles. The summed E-state index contributed by atoms with van der Waals surface area (Å²) in [5.74, 6) is 0.719. The molecule has 0 aliphatic carbocycles. The standard InChI is InChI=1S/C20H22FN3/c1-14(15-7-3-2-4-8-15)24-12-6-5-9-19(24)20-22-17-11-10-16(21)13-18(17)23-20/h2-4,7-8,10-11,13-14,19H,5-6,9,12H2,1H3,(H,22,23). The van der Waals surface area contributed by atoms with E-state index in [1.165, 1.54) is 30.5 Å². The van der Waals surface area contributed by atoms with Gasteiger partial charge in [0.25, 0.3) is 0 Å². The molecule has 4 rings (SSSR count). The van der Waals surface area contributed by atoms with E-state index in [9.17, 15) is 4.39 Å². The summed E-state index contributed by atoms with van der Waals surface area (Å²) in [6.07, 6.45) is 3.50. The van der Waals surface area contributed by atoms with E-state index in [2.05, 4.69) is 52.1 Å². The summed E-state index contributed by atoms with van der Waals surface area (Å²) >= 11 is 0. The molecule has 2 heterocycles. The van der Waals surface area contributed by atoms with Gasteiger partial charge in [0, 0.05) is 12.1 Å². The molecular formula is C20H22FN3. The Balaban J connectivity index is 1.68. The van der Waals surface area contributed by atoms with Gasteiger partial charge in [0.2, 0.25) is 0 Å². The first-order valence-corrected chi connectivity index (χ1v) is 8.68. The van der Waals surface area contributed by atoms with Crippen LogP contribution in [-0.4, -0.2) is 21.4 Å². The summed E-state index contributed by atoms with van der Waals surface area (Å²) in [7, 11) is 0. The molecule has 2 atom stereocenters. The van der Waals surface area contributed by atoms with Crippen molar-refractivity contribution in [1.82, 2.24) is 14.9 Å². The number of fused-ring (bicyclic) bond motifs is 1. The first-order chi connectivity index (χ1) is 11.7. The molecular weight excluding hydrogens is 301 g/mol. The minimum atomic E-state index is -0.237. The van der Waals surface area contributed by atoms with Gasteiger partial charge in [-0.05, 0) is 44.0 Å². The predicted octanol–water partition coefficient (Wildman–Crippen LogP) is 4.99. The predicted molar refractivity (Wildman–Crippen MR) is 94.2 cm³/mol. The molecule has 2 unspecified atom stereocenters. The van der Waals surface area contributed by atoms with Gasteiger partial charge in [0.05, 0.1) is 17.1 Å². The van der Waals surface area contributed by atoms with Crippen LogP contribution in [0.1, 0.15) is 49.7 Å². The Hall–Kier alpha value is -2.20. The molecule has 1 aliphatic rings. The maximum atomic E-state index is 13.5. The van der Waals surface area contributed by atoms with E-state index in [0.717, 1.165) is 24.3 Å². The average molecular weight is 323 g/mol. The van der Waals surface area contributed by atoms with Crippen LogP contribution in [0.4, 0.5) is 4.39 Å². The van der Waals surface area contributed by atoms with Gasteiger partial charge in [-0.1, -0.05) is 36.8 Å². The zero-order valence-corrected chi connectivity index (χ0v) is 13.9. The van der Waals surface area contributed by atoms with Gasteiger partial charge in [-0.25, -0.2) is 9.37 Å². The molecule has 1 fully saturated rings. The van der Waals surface area contributed by atoms with Gasteiger partial charge < -0.3 is 4.98 Å². The SMILES string of the molecule is CC(c1ccccc1)N1CCCCC1c1nc2cc(F)ccc2[nH]1. The number of hydrogen-bond donors (Lipinski definition) is 1. The molecule has 0 spiro atoms. The van der Waals surface area contributed by atoms with Crippen molar-refractivity contribution in [2.75, 3.05) is 6.54 Å². The molecule has 0 saturated carbocycles. The highest BCUT2D eigenvalue weighted by Gasteiger charge is 2.30. The molecule has 24 heavy (non-hydrogen) atoms. The van der Waals surface area contributed by atoms with Crippen LogP contribution in [0.2, 0.25) is 0 Å². The van der Waals surface area contributed by atoms with E-state index in [0.29, 0.717) is 11.6 Å². The Bertz CT molecular complexity index is 827. The van der Waals surface area contributed by atoms with Gasteiger partial charge in [0.15, 0.2) is 0 Å². The van der Waals surface area contributed by atoms with Gasteiger partial charge >= 0.3 is 0 Å². The molecule has 0 radical (unpaired) electrons. The number of piperidine rings is 1. The van der Waals surface area contributed by atoms with E-state index < -0.39 is 0 Å². The van der Waals surface area contributed by atoms with Gasteiger partial charge in [-0.2, -0.15) is 0 Å². The molecule has 1 saturated heterocycles. The molecule has 3 aromatic rings. The molecule has 4 heteroatoms. The third-order valence-corrected chi connectivity index (χ3v) is 5.10. The van der Waals surface area contributed by atoms with E-state index >= 15 is 0 Å². The van der Waals surface area contributed by atoms with E-state index in [4.69, 9.17) is 0 Å². The second-order valence-corrected chi connectivity index (χ2v) is 6.62. The van der Waals surface area contributed by atoms with E-state index in [1.54, 1.807) is 6.07 Å². The molecule has 2 aromatic carbocycles. The highest BCUT2D eigenvalue weighted by molar-refractivity contribution is 5.75. The monoisotopic (exact) mass is 323 g/mol. The van der Waals surface area contributed by atoms with Crippen molar-refractivity contribution in [2.45, 2.75) is 38.3 Å². The third kappa shape index (κ3) is 2.82. The quantitative estimate of drug-likeness (QED) is 0.736. The van der Waals surface area contributed by atoms with Crippen LogP contribution in [0, 0.1) is 5.82 Å². The Morgan fingerprint density at radius 1 is 1.17 bits per heavy atom. The summed E-state index contributed by atoms with van der Waals surface area (Å²) in [5, 5.41) is 0. The lowest BCUT2D eigenvalue weighted by molar-refractivity contribution is 0.0980. The lowest BCUT2D eigenvalue weighted by atomic mass is 9.96.